The Labute approximate surface area is 230 Å². The minimum Gasteiger partial charge on any atom is -0.493 e. The van der Waals surface area contributed by atoms with Crippen LogP contribution in [-0.4, -0.2) is 39.5 Å². The zero-order valence-electron chi connectivity index (χ0n) is 23.2. The first-order valence-corrected chi connectivity index (χ1v) is 13.2. The molecule has 2 aromatic carbocycles. The molecule has 1 aliphatic carbocycles. The Bertz CT molecular complexity index is 1170. The molecule has 0 unspecified atom stereocenters. The molecule has 3 rings (SSSR count). The second-order valence-corrected chi connectivity index (χ2v) is 10.5. The number of esters is 1. The lowest BCUT2D eigenvalue weighted by Crippen LogP contribution is -2.37. The van der Waals surface area contributed by atoms with Gasteiger partial charge in [-0.3, -0.25) is 5.32 Å². The average Bonchev–Trinajstić information content (AvgIpc) is 2.88. The molecule has 0 fully saturated rings. The van der Waals surface area contributed by atoms with Gasteiger partial charge in [0.1, 0.15) is 11.7 Å². The third-order valence-electron chi connectivity index (χ3n) is 7.09. The SMILES string of the molecule is COC(=O)c1cc2c(c(OC)c1OC)[C@H](C)C[C@@H](OC(=O)Nc1ccc(Cl)cc1)[C@H]2[C@@H](C)CCC=C(C)C. The summed E-state index contributed by atoms with van der Waals surface area (Å²) in [5.41, 5.74) is 4.01. The Hall–Kier alpha value is -3.19. The Balaban J connectivity index is 2.06. The highest BCUT2D eigenvalue weighted by Crippen LogP contribution is 2.52. The number of amides is 1. The molecule has 1 aliphatic rings. The maximum absolute atomic E-state index is 13.0. The van der Waals surface area contributed by atoms with Gasteiger partial charge in [-0.2, -0.15) is 0 Å². The zero-order valence-corrected chi connectivity index (χ0v) is 24.0. The van der Waals surface area contributed by atoms with Crippen LogP contribution in [0.3, 0.4) is 0 Å². The number of anilines is 1. The third kappa shape index (κ3) is 6.62. The van der Waals surface area contributed by atoms with Gasteiger partial charge in [-0.1, -0.05) is 37.1 Å². The lowest BCUT2D eigenvalue weighted by molar-refractivity contribution is 0.0576. The van der Waals surface area contributed by atoms with E-state index in [1.165, 1.54) is 19.8 Å². The number of carbonyl (C=O) groups excluding carboxylic acids is 2. The average molecular weight is 544 g/mol. The molecule has 4 atom stereocenters. The van der Waals surface area contributed by atoms with Crippen molar-refractivity contribution in [3.05, 3.63) is 63.7 Å². The Morgan fingerprint density at radius 1 is 1.11 bits per heavy atom. The first-order chi connectivity index (χ1) is 18.1. The van der Waals surface area contributed by atoms with Gasteiger partial charge in [0.25, 0.3) is 0 Å². The summed E-state index contributed by atoms with van der Waals surface area (Å²) in [4.78, 5) is 25.8. The van der Waals surface area contributed by atoms with Crippen molar-refractivity contribution in [2.45, 2.75) is 64.9 Å². The summed E-state index contributed by atoms with van der Waals surface area (Å²) in [7, 11) is 4.42. The molecule has 0 radical (unpaired) electrons. The largest absolute Gasteiger partial charge is 0.493 e. The molecular formula is C30H38ClNO6. The van der Waals surface area contributed by atoms with Crippen LogP contribution < -0.4 is 14.8 Å². The lowest BCUT2D eigenvalue weighted by Gasteiger charge is -2.40. The Kier molecular flexibility index (Phi) is 10.1. The number of fused-ring (bicyclic) bond motifs is 1. The number of ether oxygens (including phenoxy) is 4. The fourth-order valence-corrected chi connectivity index (χ4v) is 5.49. The second-order valence-electron chi connectivity index (χ2n) is 10.1. The Morgan fingerprint density at radius 2 is 1.76 bits per heavy atom. The summed E-state index contributed by atoms with van der Waals surface area (Å²) in [5.74, 6) is 0.286. The lowest BCUT2D eigenvalue weighted by atomic mass is 9.69. The number of carbonyl (C=O) groups is 2. The van der Waals surface area contributed by atoms with Crippen molar-refractivity contribution in [1.29, 1.82) is 0 Å². The number of methoxy groups -OCH3 is 3. The van der Waals surface area contributed by atoms with E-state index in [9.17, 15) is 9.59 Å². The molecule has 2 aromatic rings. The van der Waals surface area contributed by atoms with Crippen LogP contribution in [0.1, 0.15) is 80.3 Å². The van der Waals surface area contributed by atoms with Gasteiger partial charge in [0.05, 0.1) is 21.3 Å². The van der Waals surface area contributed by atoms with Gasteiger partial charge in [0.15, 0.2) is 11.5 Å². The van der Waals surface area contributed by atoms with Crippen LogP contribution in [0.4, 0.5) is 10.5 Å². The van der Waals surface area contributed by atoms with Crippen molar-refractivity contribution in [3.63, 3.8) is 0 Å². The van der Waals surface area contributed by atoms with Crippen LogP contribution >= 0.6 is 11.6 Å². The van der Waals surface area contributed by atoms with Gasteiger partial charge in [0, 0.05) is 22.2 Å². The van der Waals surface area contributed by atoms with Crippen molar-refractivity contribution >= 4 is 29.4 Å². The van der Waals surface area contributed by atoms with E-state index in [0.717, 1.165) is 24.0 Å². The van der Waals surface area contributed by atoms with Gasteiger partial charge in [-0.05, 0) is 80.8 Å². The van der Waals surface area contributed by atoms with Crippen LogP contribution in [0, 0.1) is 5.92 Å². The molecule has 0 aromatic heterocycles. The highest BCUT2D eigenvalue weighted by Gasteiger charge is 2.42. The van der Waals surface area contributed by atoms with Crippen LogP contribution in [0.5, 0.6) is 11.5 Å². The molecule has 0 saturated heterocycles. The maximum Gasteiger partial charge on any atom is 0.411 e. The summed E-state index contributed by atoms with van der Waals surface area (Å²) in [5, 5.41) is 3.39. The highest BCUT2D eigenvalue weighted by atomic mass is 35.5. The molecule has 1 N–H and O–H groups in total. The van der Waals surface area contributed by atoms with Crippen molar-refractivity contribution in [3.8, 4) is 11.5 Å². The summed E-state index contributed by atoms with van der Waals surface area (Å²) in [6.07, 6.45) is 3.62. The normalized spacial score (nSPS) is 19.0. The number of allylic oxidation sites excluding steroid dienone is 2. The van der Waals surface area contributed by atoms with Gasteiger partial charge < -0.3 is 18.9 Å². The third-order valence-corrected chi connectivity index (χ3v) is 7.35. The first-order valence-electron chi connectivity index (χ1n) is 12.8. The van der Waals surface area contributed by atoms with E-state index >= 15 is 0 Å². The highest BCUT2D eigenvalue weighted by molar-refractivity contribution is 6.30. The van der Waals surface area contributed by atoms with E-state index in [-0.39, 0.29) is 23.3 Å². The first kappa shape index (κ1) is 29.4. The van der Waals surface area contributed by atoms with Gasteiger partial charge in [-0.15, -0.1) is 0 Å². The van der Waals surface area contributed by atoms with Crippen LogP contribution in [0.15, 0.2) is 42.0 Å². The number of rotatable bonds is 9. The van der Waals surface area contributed by atoms with Crippen molar-refractivity contribution in [2.24, 2.45) is 5.92 Å². The van der Waals surface area contributed by atoms with E-state index in [2.05, 4.69) is 39.1 Å². The quantitative estimate of drug-likeness (QED) is 0.257. The molecule has 0 saturated carbocycles. The summed E-state index contributed by atoms with van der Waals surface area (Å²) >= 11 is 5.97. The molecule has 7 nitrogen and oxygen atoms in total. The molecule has 0 aliphatic heterocycles. The molecule has 1 amide bonds. The minimum absolute atomic E-state index is 0.0184. The predicted molar refractivity (Wildman–Crippen MR) is 150 cm³/mol. The smallest absolute Gasteiger partial charge is 0.411 e. The monoisotopic (exact) mass is 543 g/mol. The molecule has 0 spiro atoms. The van der Waals surface area contributed by atoms with Crippen molar-refractivity contribution in [1.82, 2.24) is 0 Å². The van der Waals surface area contributed by atoms with Crippen molar-refractivity contribution < 1.29 is 28.5 Å². The van der Waals surface area contributed by atoms with Crippen LogP contribution in [-0.2, 0) is 9.47 Å². The molecule has 0 bridgehead atoms. The Morgan fingerprint density at radius 3 is 2.34 bits per heavy atom. The van der Waals surface area contributed by atoms with E-state index in [1.807, 2.05) is 6.07 Å². The standard InChI is InChI=1S/C30H38ClNO6/c1-17(2)9-8-10-18(3)25-22-16-23(29(33)37-7)27(35-5)28(36-6)26(22)19(4)15-24(25)38-30(34)32-21-13-11-20(31)12-14-21/h9,11-14,16,18-19,24-25H,8,10,15H2,1-7H3,(H,32,34)/t18-,19+,24+,25-/m0/s1. The summed E-state index contributed by atoms with van der Waals surface area (Å²) in [6, 6.07) is 8.69. The van der Waals surface area contributed by atoms with Crippen LogP contribution in [0.2, 0.25) is 5.02 Å². The predicted octanol–water partition coefficient (Wildman–Crippen LogP) is 7.73. The second kappa shape index (κ2) is 13.1. The fourth-order valence-electron chi connectivity index (χ4n) is 5.37. The zero-order chi connectivity index (χ0) is 28.0. The van der Waals surface area contributed by atoms with Gasteiger partial charge >= 0.3 is 12.1 Å². The van der Waals surface area contributed by atoms with Gasteiger partial charge in [0.2, 0.25) is 0 Å². The van der Waals surface area contributed by atoms with E-state index in [1.54, 1.807) is 31.4 Å². The molecule has 0 heterocycles. The molecule has 38 heavy (non-hydrogen) atoms. The fraction of sp³-hybridized carbons (Fsp3) is 0.467. The molecule has 206 valence electrons. The molecular weight excluding hydrogens is 506 g/mol. The summed E-state index contributed by atoms with van der Waals surface area (Å²) in [6.45, 7) is 8.38. The van der Waals surface area contributed by atoms with E-state index < -0.39 is 18.2 Å². The number of hydrogen-bond donors (Lipinski definition) is 1. The van der Waals surface area contributed by atoms with E-state index in [4.69, 9.17) is 30.5 Å². The number of halogens is 1. The van der Waals surface area contributed by atoms with Crippen molar-refractivity contribution in [2.75, 3.05) is 26.6 Å². The number of hydrogen-bond acceptors (Lipinski definition) is 6. The molecule has 8 heteroatoms. The minimum atomic E-state index is -0.539. The number of nitrogens with one attached hydrogen (secondary N) is 1. The number of benzene rings is 2. The summed E-state index contributed by atoms with van der Waals surface area (Å²) < 4.78 is 22.6. The van der Waals surface area contributed by atoms with E-state index in [0.29, 0.717) is 28.6 Å². The topological polar surface area (TPSA) is 83.1 Å². The van der Waals surface area contributed by atoms with Crippen LogP contribution in [0.25, 0.3) is 0 Å². The van der Waals surface area contributed by atoms with Gasteiger partial charge in [-0.25, -0.2) is 9.59 Å². The maximum atomic E-state index is 13.0.